The van der Waals surface area contributed by atoms with Gasteiger partial charge in [0.1, 0.15) is 11.3 Å². The molecule has 0 aliphatic heterocycles. The number of benzene rings is 1. The first-order valence-corrected chi connectivity index (χ1v) is 5.34. The number of anilines is 1. The Morgan fingerprint density at radius 1 is 1.56 bits per heavy atom. The number of hydrogen-bond donors (Lipinski definition) is 2. The maximum Gasteiger partial charge on any atom is 0.339 e. The highest BCUT2D eigenvalue weighted by Crippen LogP contribution is 2.23. The minimum absolute atomic E-state index is 0.00623. The van der Waals surface area contributed by atoms with Crippen LogP contribution >= 0.6 is 0 Å². The quantitative estimate of drug-likeness (QED) is 0.752. The van der Waals surface area contributed by atoms with Gasteiger partial charge >= 0.3 is 5.97 Å². The summed E-state index contributed by atoms with van der Waals surface area (Å²) in [4.78, 5) is 11.0. The smallest absolute Gasteiger partial charge is 0.339 e. The van der Waals surface area contributed by atoms with Gasteiger partial charge in [-0.1, -0.05) is 13.3 Å². The number of carboxylic acid groups (broad SMARTS) is 1. The third-order valence-corrected chi connectivity index (χ3v) is 2.26. The van der Waals surface area contributed by atoms with Crippen LogP contribution in [0, 0.1) is 0 Å². The van der Waals surface area contributed by atoms with E-state index in [0.29, 0.717) is 11.4 Å². The zero-order chi connectivity index (χ0) is 12.1. The number of hydrogen-bond acceptors (Lipinski definition) is 3. The normalized spacial score (nSPS) is 12.1. The molecule has 0 spiro atoms. The van der Waals surface area contributed by atoms with Crippen molar-refractivity contribution >= 4 is 11.7 Å². The summed E-state index contributed by atoms with van der Waals surface area (Å²) in [5.41, 5.74) is 6.07. The summed E-state index contributed by atoms with van der Waals surface area (Å²) in [6.07, 6.45) is 1.90. The van der Waals surface area contributed by atoms with Crippen molar-refractivity contribution in [1.82, 2.24) is 0 Å². The summed E-state index contributed by atoms with van der Waals surface area (Å²) >= 11 is 0. The lowest BCUT2D eigenvalue weighted by Crippen LogP contribution is -2.13. The molecular formula is C12H17NO3. The van der Waals surface area contributed by atoms with E-state index in [1.807, 2.05) is 6.92 Å². The standard InChI is InChI=1S/C12H17NO3/c1-3-4-8(2)16-11-6-5-9(13)7-10(11)12(14)15/h5-8H,3-4,13H2,1-2H3,(H,14,15). The second kappa shape index (κ2) is 5.39. The molecule has 0 amide bonds. The van der Waals surface area contributed by atoms with Gasteiger partial charge in [-0.15, -0.1) is 0 Å². The van der Waals surface area contributed by atoms with Gasteiger partial charge in [0.2, 0.25) is 0 Å². The van der Waals surface area contributed by atoms with E-state index in [1.54, 1.807) is 12.1 Å². The number of nitrogens with two attached hydrogens (primary N) is 1. The van der Waals surface area contributed by atoms with Gasteiger partial charge in [0.15, 0.2) is 0 Å². The zero-order valence-corrected chi connectivity index (χ0v) is 9.56. The Balaban J connectivity index is 2.90. The van der Waals surface area contributed by atoms with Gasteiger partial charge in [0, 0.05) is 5.69 Å². The van der Waals surface area contributed by atoms with E-state index in [0.717, 1.165) is 12.8 Å². The lowest BCUT2D eigenvalue weighted by atomic mass is 10.1. The van der Waals surface area contributed by atoms with E-state index in [9.17, 15) is 4.79 Å². The van der Waals surface area contributed by atoms with Gasteiger partial charge in [-0.2, -0.15) is 0 Å². The van der Waals surface area contributed by atoms with Crippen molar-refractivity contribution in [3.8, 4) is 5.75 Å². The summed E-state index contributed by atoms with van der Waals surface area (Å²) in [5.74, 6) is -0.645. The van der Waals surface area contributed by atoms with Crippen LogP contribution in [0.1, 0.15) is 37.0 Å². The Labute approximate surface area is 95.0 Å². The largest absolute Gasteiger partial charge is 0.490 e. The molecule has 1 aromatic carbocycles. The van der Waals surface area contributed by atoms with Gasteiger partial charge in [-0.25, -0.2) is 4.79 Å². The molecule has 0 bridgehead atoms. The number of nitrogen functional groups attached to an aromatic ring is 1. The monoisotopic (exact) mass is 223 g/mol. The minimum Gasteiger partial charge on any atom is -0.490 e. The van der Waals surface area contributed by atoms with Gasteiger partial charge in [-0.05, 0) is 31.5 Å². The molecule has 0 saturated carbocycles. The van der Waals surface area contributed by atoms with Crippen LogP contribution in [-0.4, -0.2) is 17.2 Å². The van der Waals surface area contributed by atoms with E-state index in [2.05, 4.69) is 6.92 Å². The molecule has 0 fully saturated rings. The highest BCUT2D eigenvalue weighted by molar-refractivity contribution is 5.92. The SMILES string of the molecule is CCCC(C)Oc1ccc(N)cc1C(=O)O. The molecule has 1 rings (SSSR count). The predicted octanol–water partition coefficient (Wildman–Crippen LogP) is 2.53. The number of aromatic carboxylic acids is 1. The van der Waals surface area contributed by atoms with Crippen molar-refractivity contribution in [3.05, 3.63) is 23.8 Å². The van der Waals surface area contributed by atoms with Crippen LogP contribution in [0.3, 0.4) is 0 Å². The first-order valence-electron chi connectivity index (χ1n) is 5.34. The van der Waals surface area contributed by atoms with E-state index in [-0.39, 0.29) is 11.7 Å². The number of rotatable bonds is 5. The van der Waals surface area contributed by atoms with E-state index >= 15 is 0 Å². The van der Waals surface area contributed by atoms with E-state index in [1.165, 1.54) is 6.07 Å². The summed E-state index contributed by atoms with van der Waals surface area (Å²) < 4.78 is 5.57. The molecule has 88 valence electrons. The molecule has 1 atom stereocenters. The molecule has 1 aromatic rings. The van der Waals surface area contributed by atoms with Gasteiger partial charge < -0.3 is 15.6 Å². The van der Waals surface area contributed by atoms with E-state index in [4.69, 9.17) is 15.6 Å². The summed E-state index contributed by atoms with van der Waals surface area (Å²) in [7, 11) is 0. The molecule has 4 nitrogen and oxygen atoms in total. The first kappa shape index (κ1) is 12.4. The Hall–Kier alpha value is -1.71. The third kappa shape index (κ3) is 3.15. The number of ether oxygens (including phenoxy) is 1. The minimum atomic E-state index is -1.02. The van der Waals surface area contributed by atoms with Crippen molar-refractivity contribution in [1.29, 1.82) is 0 Å². The average Bonchev–Trinajstić information content (AvgIpc) is 2.20. The van der Waals surface area contributed by atoms with E-state index < -0.39 is 5.97 Å². The molecule has 0 heterocycles. The lowest BCUT2D eigenvalue weighted by Gasteiger charge is -2.15. The summed E-state index contributed by atoms with van der Waals surface area (Å²) in [6.45, 7) is 3.98. The van der Waals surface area contributed by atoms with Crippen molar-refractivity contribution < 1.29 is 14.6 Å². The summed E-state index contributed by atoms with van der Waals surface area (Å²) in [5, 5.41) is 9.00. The van der Waals surface area contributed by atoms with Crippen LogP contribution in [0.5, 0.6) is 5.75 Å². The molecular weight excluding hydrogens is 206 g/mol. The van der Waals surface area contributed by atoms with Crippen LogP contribution in [0.15, 0.2) is 18.2 Å². The highest BCUT2D eigenvalue weighted by Gasteiger charge is 2.13. The maximum absolute atomic E-state index is 11.0. The number of carbonyl (C=O) groups is 1. The van der Waals surface area contributed by atoms with Crippen LogP contribution in [-0.2, 0) is 0 Å². The highest BCUT2D eigenvalue weighted by atomic mass is 16.5. The molecule has 0 aromatic heterocycles. The fourth-order valence-electron chi connectivity index (χ4n) is 1.50. The Morgan fingerprint density at radius 2 is 2.25 bits per heavy atom. The lowest BCUT2D eigenvalue weighted by molar-refractivity contribution is 0.0689. The molecule has 16 heavy (non-hydrogen) atoms. The Morgan fingerprint density at radius 3 is 2.81 bits per heavy atom. The van der Waals surface area contributed by atoms with Gasteiger partial charge in [0.05, 0.1) is 6.10 Å². The third-order valence-electron chi connectivity index (χ3n) is 2.26. The fourth-order valence-corrected chi connectivity index (χ4v) is 1.50. The second-order valence-corrected chi connectivity index (χ2v) is 3.78. The van der Waals surface area contributed by atoms with Gasteiger partial charge in [-0.3, -0.25) is 0 Å². The molecule has 4 heteroatoms. The second-order valence-electron chi connectivity index (χ2n) is 3.78. The zero-order valence-electron chi connectivity index (χ0n) is 9.56. The molecule has 1 unspecified atom stereocenters. The average molecular weight is 223 g/mol. The van der Waals surface area contributed by atoms with Crippen molar-refractivity contribution in [2.45, 2.75) is 32.8 Å². The summed E-state index contributed by atoms with van der Waals surface area (Å²) in [6, 6.07) is 4.65. The first-order chi connectivity index (χ1) is 7.54. The Kier molecular flexibility index (Phi) is 4.17. The van der Waals surface area contributed by atoms with Crippen LogP contribution in [0.2, 0.25) is 0 Å². The van der Waals surface area contributed by atoms with Gasteiger partial charge in [0.25, 0.3) is 0 Å². The topological polar surface area (TPSA) is 72.5 Å². The molecule has 0 aliphatic rings. The molecule has 3 N–H and O–H groups in total. The maximum atomic E-state index is 11.0. The molecule has 0 saturated heterocycles. The fraction of sp³-hybridized carbons (Fsp3) is 0.417. The van der Waals surface area contributed by atoms with Crippen molar-refractivity contribution in [3.63, 3.8) is 0 Å². The van der Waals surface area contributed by atoms with Crippen molar-refractivity contribution in [2.24, 2.45) is 0 Å². The number of carboxylic acids is 1. The predicted molar refractivity (Wildman–Crippen MR) is 62.8 cm³/mol. The van der Waals surface area contributed by atoms with Crippen LogP contribution < -0.4 is 10.5 Å². The molecule has 0 aliphatic carbocycles. The molecule has 0 radical (unpaired) electrons. The van der Waals surface area contributed by atoms with Crippen LogP contribution in [0.4, 0.5) is 5.69 Å². The van der Waals surface area contributed by atoms with Crippen molar-refractivity contribution in [2.75, 3.05) is 5.73 Å². The Bertz CT molecular complexity index is 377. The van der Waals surface area contributed by atoms with Crippen LogP contribution in [0.25, 0.3) is 0 Å².